The minimum absolute atomic E-state index is 0.110. The molecule has 2 aromatic rings. The predicted molar refractivity (Wildman–Crippen MR) is 71.4 cm³/mol. The first-order valence-corrected chi connectivity index (χ1v) is 5.88. The number of aromatic nitrogens is 2. The smallest absolute Gasteiger partial charge is 0.274 e. The lowest BCUT2D eigenvalue weighted by Crippen LogP contribution is -2.29. The van der Waals surface area contributed by atoms with Crippen molar-refractivity contribution in [2.45, 2.75) is 6.10 Å². The van der Waals surface area contributed by atoms with E-state index in [0.29, 0.717) is 5.69 Å². The first-order valence-electron chi connectivity index (χ1n) is 5.88. The molecule has 0 aliphatic rings. The molecule has 0 saturated heterocycles. The third kappa shape index (κ3) is 3.11. The summed E-state index contributed by atoms with van der Waals surface area (Å²) in [5.74, 6) is -0.395. The van der Waals surface area contributed by atoms with Gasteiger partial charge < -0.3 is 16.2 Å². The van der Waals surface area contributed by atoms with E-state index in [9.17, 15) is 9.90 Å². The molecule has 1 heterocycles. The summed E-state index contributed by atoms with van der Waals surface area (Å²) in [7, 11) is 1.69. The van der Waals surface area contributed by atoms with Crippen molar-refractivity contribution in [2.75, 3.05) is 12.3 Å². The molecule has 0 bridgehead atoms. The molecule has 0 saturated carbocycles. The molecule has 1 aromatic heterocycles. The van der Waals surface area contributed by atoms with E-state index in [4.69, 9.17) is 5.73 Å². The van der Waals surface area contributed by atoms with Crippen LogP contribution in [0.5, 0.6) is 0 Å². The monoisotopic (exact) mass is 260 g/mol. The van der Waals surface area contributed by atoms with Crippen LogP contribution in [0.1, 0.15) is 22.2 Å². The minimum Gasteiger partial charge on any atom is -0.396 e. The molecule has 19 heavy (non-hydrogen) atoms. The Morgan fingerprint density at radius 3 is 2.74 bits per heavy atom. The van der Waals surface area contributed by atoms with Gasteiger partial charge in [0, 0.05) is 19.8 Å². The second-order valence-corrected chi connectivity index (χ2v) is 4.24. The van der Waals surface area contributed by atoms with E-state index >= 15 is 0 Å². The number of nitrogens with zero attached hydrogens (tertiary/aromatic N) is 2. The summed E-state index contributed by atoms with van der Waals surface area (Å²) in [5.41, 5.74) is 6.88. The Kier molecular flexibility index (Phi) is 3.82. The number of carbonyl (C=O) groups is 1. The Balaban J connectivity index is 1.96. The minimum atomic E-state index is -0.755. The molecule has 0 spiro atoms. The summed E-state index contributed by atoms with van der Waals surface area (Å²) in [4.78, 5) is 11.8. The van der Waals surface area contributed by atoms with Crippen molar-refractivity contribution in [3.8, 4) is 0 Å². The first-order chi connectivity index (χ1) is 9.08. The number of anilines is 1. The summed E-state index contributed by atoms with van der Waals surface area (Å²) in [5, 5.41) is 16.5. The highest BCUT2D eigenvalue weighted by Gasteiger charge is 2.15. The predicted octanol–water partition coefficient (Wildman–Crippen LogP) is 0.466. The van der Waals surface area contributed by atoms with Crippen molar-refractivity contribution in [3.63, 3.8) is 0 Å². The van der Waals surface area contributed by atoms with Gasteiger partial charge in [-0.25, -0.2) is 0 Å². The quantitative estimate of drug-likeness (QED) is 0.744. The zero-order chi connectivity index (χ0) is 13.8. The van der Waals surface area contributed by atoms with E-state index in [-0.39, 0.29) is 12.2 Å². The SMILES string of the molecule is Cn1cc(N)c(C(=O)NCC(O)c2ccccc2)n1. The van der Waals surface area contributed by atoms with E-state index in [0.717, 1.165) is 5.56 Å². The maximum absolute atomic E-state index is 11.8. The second kappa shape index (κ2) is 5.53. The van der Waals surface area contributed by atoms with Crippen LogP contribution in [-0.2, 0) is 7.05 Å². The van der Waals surface area contributed by atoms with E-state index < -0.39 is 12.0 Å². The molecular weight excluding hydrogens is 244 g/mol. The number of amides is 1. The Hall–Kier alpha value is -2.34. The third-order valence-corrected chi connectivity index (χ3v) is 2.71. The highest BCUT2D eigenvalue weighted by atomic mass is 16.3. The van der Waals surface area contributed by atoms with Crippen LogP contribution in [0, 0.1) is 0 Å². The number of hydrogen-bond donors (Lipinski definition) is 3. The largest absolute Gasteiger partial charge is 0.396 e. The lowest BCUT2D eigenvalue weighted by molar-refractivity contribution is 0.0911. The number of nitrogens with one attached hydrogen (secondary N) is 1. The van der Waals surface area contributed by atoms with Crippen molar-refractivity contribution >= 4 is 11.6 Å². The molecule has 1 unspecified atom stereocenters. The molecule has 0 aliphatic carbocycles. The van der Waals surface area contributed by atoms with Crippen molar-refractivity contribution < 1.29 is 9.90 Å². The van der Waals surface area contributed by atoms with E-state index in [1.54, 1.807) is 25.4 Å². The van der Waals surface area contributed by atoms with Gasteiger partial charge in [-0.15, -0.1) is 0 Å². The number of nitrogens with two attached hydrogens (primary N) is 1. The Morgan fingerprint density at radius 1 is 1.47 bits per heavy atom. The van der Waals surface area contributed by atoms with Gasteiger partial charge in [0.1, 0.15) is 0 Å². The molecule has 4 N–H and O–H groups in total. The number of carbonyl (C=O) groups excluding carboxylic acids is 1. The number of hydrogen-bond acceptors (Lipinski definition) is 4. The van der Waals surface area contributed by atoms with Crippen LogP contribution in [0.4, 0.5) is 5.69 Å². The average molecular weight is 260 g/mol. The van der Waals surface area contributed by atoms with Gasteiger partial charge in [0.15, 0.2) is 5.69 Å². The lowest BCUT2D eigenvalue weighted by Gasteiger charge is -2.11. The van der Waals surface area contributed by atoms with Crippen molar-refractivity contribution in [1.82, 2.24) is 15.1 Å². The van der Waals surface area contributed by atoms with Gasteiger partial charge in [-0.1, -0.05) is 30.3 Å². The lowest BCUT2D eigenvalue weighted by atomic mass is 10.1. The highest BCUT2D eigenvalue weighted by Crippen LogP contribution is 2.12. The summed E-state index contributed by atoms with van der Waals surface area (Å²) < 4.78 is 1.47. The van der Waals surface area contributed by atoms with Crippen molar-refractivity contribution in [3.05, 3.63) is 47.8 Å². The molecule has 100 valence electrons. The van der Waals surface area contributed by atoms with Gasteiger partial charge in [0.2, 0.25) is 0 Å². The van der Waals surface area contributed by atoms with Crippen molar-refractivity contribution in [1.29, 1.82) is 0 Å². The summed E-state index contributed by atoms with van der Waals surface area (Å²) in [6.45, 7) is 0.110. The molecular formula is C13H16N4O2. The molecule has 0 aliphatic heterocycles. The average Bonchev–Trinajstić information content (AvgIpc) is 2.75. The number of nitrogen functional groups attached to an aromatic ring is 1. The first kappa shape index (κ1) is 13.1. The van der Waals surface area contributed by atoms with E-state index in [1.807, 2.05) is 18.2 Å². The zero-order valence-electron chi connectivity index (χ0n) is 10.6. The fourth-order valence-electron chi connectivity index (χ4n) is 1.75. The van der Waals surface area contributed by atoms with Crippen LogP contribution in [0.2, 0.25) is 0 Å². The number of benzene rings is 1. The summed E-state index contributed by atoms with van der Waals surface area (Å²) >= 11 is 0. The Bertz CT molecular complexity index is 565. The van der Waals surface area contributed by atoms with Crippen LogP contribution in [0.15, 0.2) is 36.5 Å². The van der Waals surface area contributed by atoms with Gasteiger partial charge in [0.05, 0.1) is 11.8 Å². The molecule has 0 fully saturated rings. The van der Waals surface area contributed by atoms with Gasteiger partial charge >= 0.3 is 0 Å². The van der Waals surface area contributed by atoms with Crippen LogP contribution in [0.3, 0.4) is 0 Å². The molecule has 6 heteroatoms. The standard InChI is InChI=1S/C13H16N4O2/c1-17-8-10(14)12(16-17)13(19)15-7-11(18)9-5-3-2-4-6-9/h2-6,8,11,18H,7,14H2,1H3,(H,15,19). The molecule has 6 nitrogen and oxygen atoms in total. The van der Waals surface area contributed by atoms with Crippen LogP contribution in [-0.4, -0.2) is 27.3 Å². The number of aliphatic hydroxyl groups is 1. The molecule has 2 rings (SSSR count). The number of rotatable bonds is 4. The van der Waals surface area contributed by atoms with Crippen LogP contribution in [0.25, 0.3) is 0 Å². The maximum atomic E-state index is 11.8. The number of aliphatic hydroxyl groups excluding tert-OH is 1. The fraction of sp³-hybridized carbons (Fsp3) is 0.231. The Labute approximate surface area is 110 Å². The summed E-state index contributed by atoms with van der Waals surface area (Å²) in [6.07, 6.45) is 0.804. The van der Waals surface area contributed by atoms with Crippen LogP contribution >= 0.6 is 0 Å². The topological polar surface area (TPSA) is 93.2 Å². The normalized spacial score (nSPS) is 12.1. The Morgan fingerprint density at radius 2 is 2.16 bits per heavy atom. The molecule has 1 aromatic carbocycles. The second-order valence-electron chi connectivity index (χ2n) is 4.24. The number of aryl methyl sites for hydroxylation is 1. The van der Waals surface area contributed by atoms with Gasteiger partial charge in [-0.2, -0.15) is 5.10 Å². The highest BCUT2D eigenvalue weighted by molar-refractivity contribution is 5.96. The van der Waals surface area contributed by atoms with E-state index in [2.05, 4.69) is 10.4 Å². The third-order valence-electron chi connectivity index (χ3n) is 2.71. The van der Waals surface area contributed by atoms with E-state index in [1.165, 1.54) is 4.68 Å². The molecule has 0 radical (unpaired) electrons. The fourth-order valence-corrected chi connectivity index (χ4v) is 1.75. The van der Waals surface area contributed by atoms with Gasteiger partial charge in [0.25, 0.3) is 5.91 Å². The van der Waals surface area contributed by atoms with Crippen LogP contribution < -0.4 is 11.1 Å². The maximum Gasteiger partial charge on any atom is 0.274 e. The zero-order valence-corrected chi connectivity index (χ0v) is 10.6. The summed E-state index contributed by atoms with van der Waals surface area (Å²) in [6, 6.07) is 9.12. The van der Waals surface area contributed by atoms with Crippen molar-refractivity contribution in [2.24, 2.45) is 7.05 Å². The van der Waals surface area contributed by atoms with Gasteiger partial charge in [-0.05, 0) is 5.56 Å². The van der Waals surface area contributed by atoms with Gasteiger partial charge in [-0.3, -0.25) is 9.48 Å². The molecule has 1 atom stereocenters. The molecule has 1 amide bonds.